The molecule has 20 heavy (non-hydrogen) atoms. The maximum Gasteiger partial charge on any atom is 0.303 e. The lowest BCUT2D eigenvalue weighted by Gasteiger charge is -2.17. The molecule has 6 nitrogen and oxygen atoms in total. The van der Waals surface area contributed by atoms with Gasteiger partial charge in [0, 0.05) is 18.9 Å². The SMILES string of the molecule is CCCC(CCC)c1nnnn1CC(CC)CC(=O)O. The lowest BCUT2D eigenvalue weighted by molar-refractivity contribution is -0.138. The van der Waals surface area contributed by atoms with Crippen molar-refractivity contribution in [1.82, 2.24) is 20.2 Å². The molecule has 1 heterocycles. The summed E-state index contributed by atoms with van der Waals surface area (Å²) in [5, 5.41) is 21.0. The molecule has 0 aliphatic heterocycles. The van der Waals surface area contributed by atoms with E-state index in [-0.39, 0.29) is 12.3 Å². The highest BCUT2D eigenvalue weighted by Crippen LogP contribution is 2.25. The first-order valence-corrected chi connectivity index (χ1v) is 7.60. The third-order valence-electron chi connectivity index (χ3n) is 3.67. The van der Waals surface area contributed by atoms with Crippen molar-refractivity contribution in [1.29, 1.82) is 0 Å². The van der Waals surface area contributed by atoms with Crippen LogP contribution in [0.1, 0.15) is 71.0 Å². The molecule has 0 fully saturated rings. The van der Waals surface area contributed by atoms with Crippen LogP contribution in [0.25, 0.3) is 0 Å². The lowest BCUT2D eigenvalue weighted by Crippen LogP contribution is -2.19. The van der Waals surface area contributed by atoms with Gasteiger partial charge in [-0.25, -0.2) is 4.68 Å². The number of aromatic nitrogens is 4. The van der Waals surface area contributed by atoms with Crippen LogP contribution in [0.5, 0.6) is 0 Å². The molecule has 1 atom stereocenters. The van der Waals surface area contributed by atoms with Gasteiger partial charge in [-0.2, -0.15) is 0 Å². The second-order valence-electron chi connectivity index (χ2n) is 5.37. The molecule has 114 valence electrons. The van der Waals surface area contributed by atoms with Crippen LogP contribution >= 0.6 is 0 Å². The summed E-state index contributed by atoms with van der Waals surface area (Å²) in [6.07, 6.45) is 5.33. The van der Waals surface area contributed by atoms with Crippen LogP contribution in [0.3, 0.4) is 0 Å². The molecule has 0 aliphatic carbocycles. The first-order valence-electron chi connectivity index (χ1n) is 7.60. The standard InChI is InChI=1S/C14H26N4O2/c1-4-7-12(8-5-2)14-15-16-17-18(14)10-11(6-3)9-13(19)20/h11-12H,4-10H2,1-3H3,(H,19,20). The van der Waals surface area contributed by atoms with Crippen LogP contribution in [-0.2, 0) is 11.3 Å². The Kier molecular flexibility index (Phi) is 7.18. The van der Waals surface area contributed by atoms with Crippen LogP contribution in [0.2, 0.25) is 0 Å². The quantitative estimate of drug-likeness (QED) is 0.713. The molecule has 0 spiro atoms. The minimum atomic E-state index is -0.759. The van der Waals surface area contributed by atoms with Gasteiger partial charge >= 0.3 is 5.97 Å². The number of hydrogen-bond donors (Lipinski definition) is 1. The van der Waals surface area contributed by atoms with E-state index in [0.29, 0.717) is 12.5 Å². The third kappa shape index (κ3) is 4.90. The monoisotopic (exact) mass is 282 g/mol. The Morgan fingerprint density at radius 3 is 2.40 bits per heavy atom. The van der Waals surface area contributed by atoms with Crippen LogP contribution in [0, 0.1) is 5.92 Å². The molecule has 1 aromatic heterocycles. The first kappa shape index (κ1) is 16.6. The normalized spacial score (nSPS) is 12.8. The molecular weight excluding hydrogens is 256 g/mol. The summed E-state index contributed by atoms with van der Waals surface area (Å²) in [6.45, 7) is 6.93. The summed E-state index contributed by atoms with van der Waals surface area (Å²) in [5.74, 6) is 0.615. The molecule has 0 bridgehead atoms. The number of carboxylic acids is 1. The molecule has 0 saturated heterocycles. The van der Waals surface area contributed by atoms with Gasteiger partial charge in [-0.05, 0) is 29.2 Å². The molecule has 6 heteroatoms. The number of rotatable bonds is 10. The minimum absolute atomic E-state index is 0.0821. The van der Waals surface area contributed by atoms with E-state index in [4.69, 9.17) is 5.11 Å². The van der Waals surface area contributed by atoms with E-state index in [1.165, 1.54) is 0 Å². The van der Waals surface area contributed by atoms with Gasteiger partial charge in [-0.3, -0.25) is 4.79 Å². The Morgan fingerprint density at radius 2 is 1.90 bits per heavy atom. The topological polar surface area (TPSA) is 80.9 Å². The Hall–Kier alpha value is -1.46. The van der Waals surface area contributed by atoms with Crippen LogP contribution in [0.4, 0.5) is 0 Å². The van der Waals surface area contributed by atoms with Gasteiger partial charge in [0.25, 0.3) is 0 Å². The van der Waals surface area contributed by atoms with Gasteiger partial charge < -0.3 is 5.11 Å². The Bertz CT molecular complexity index is 400. The molecule has 0 aromatic carbocycles. The van der Waals surface area contributed by atoms with Crippen LogP contribution in [-0.4, -0.2) is 31.3 Å². The molecule has 1 aromatic rings. The van der Waals surface area contributed by atoms with Crippen molar-refractivity contribution >= 4 is 5.97 Å². The molecule has 0 saturated carbocycles. The van der Waals surface area contributed by atoms with Crippen molar-refractivity contribution in [3.05, 3.63) is 5.82 Å². The summed E-state index contributed by atoms with van der Waals surface area (Å²) < 4.78 is 1.81. The number of carbonyl (C=O) groups is 1. The van der Waals surface area contributed by atoms with Gasteiger partial charge in [0.05, 0.1) is 0 Å². The highest BCUT2D eigenvalue weighted by Gasteiger charge is 2.20. The van der Waals surface area contributed by atoms with E-state index in [0.717, 1.165) is 37.9 Å². The van der Waals surface area contributed by atoms with E-state index in [1.54, 1.807) is 0 Å². The fourth-order valence-corrected chi connectivity index (χ4v) is 2.56. The predicted octanol–water partition coefficient (Wildman–Crippen LogP) is 2.86. The third-order valence-corrected chi connectivity index (χ3v) is 3.67. The lowest BCUT2D eigenvalue weighted by atomic mass is 9.97. The molecular formula is C14H26N4O2. The zero-order valence-corrected chi connectivity index (χ0v) is 12.7. The fraction of sp³-hybridized carbons (Fsp3) is 0.857. The van der Waals surface area contributed by atoms with Crippen molar-refractivity contribution in [2.45, 2.75) is 71.8 Å². The summed E-state index contributed by atoms with van der Waals surface area (Å²) in [5.41, 5.74) is 0. The Balaban J connectivity index is 2.80. The average Bonchev–Trinajstić information content (AvgIpc) is 2.85. The maximum absolute atomic E-state index is 10.9. The second-order valence-corrected chi connectivity index (χ2v) is 5.37. The molecule has 0 amide bonds. The smallest absolute Gasteiger partial charge is 0.303 e. The van der Waals surface area contributed by atoms with E-state index in [1.807, 2.05) is 11.6 Å². The number of aliphatic carboxylic acids is 1. The highest BCUT2D eigenvalue weighted by atomic mass is 16.4. The van der Waals surface area contributed by atoms with E-state index >= 15 is 0 Å². The molecule has 1 unspecified atom stereocenters. The largest absolute Gasteiger partial charge is 0.481 e. The number of nitrogens with zero attached hydrogens (tertiary/aromatic N) is 4. The summed E-state index contributed by atoms with van der Waals surface area (Å²) in [6, 6.07) is 0. The Labute approximate surface area is 120 Å². The summed E-state index contributed by atoms with van der Waals surface area (Å²) in [4.78, 5) is 10.9. The van der Waals surface area contributed by atoms with Gasteiger partial charge in [0.2, 0.25) is 0 Å². The summed E-state index contributed by atoms with van der Waals surface area (Å²) >= 11 is 0. The molecule has 1 rings (SSSR count). The van der Waals surface area contributed by atoms with Crippen LogP contribution < -0.4 is 0 Å². The number of tetrazole rings is 1. The minimum Gasteiger partial charge on any atom is -0.481 e. The van der Waals surface area contributed by atoms with Crippen molar-refractivity contribution in [3.63, 3.8) is 0 Å². The highest BCUT2D eigenvalue weighted by molar-refractivity contribution is 5.66. The van der Waals surface area contributed by atoms with E-state index < -0.39 is 5.97 Å². The van der Waals surface area contributed by atoms with E-state index in [9.17, 15) is 4.79 Å². The Morgan fingerprint density at radius 1 is 1.25 bits per heavy atom. The van der Waals surface area contributed by atoms with Gasteiger partial charge in [-0.15, -0.1) is 5.10 Å². The van der Waals surface area contributed by atoms with Crippen molar-refractivity contribution < 1.29 is 9.90 Å². The number of hydrogen-bond acceptors (Lipinski definition) is 4. The average molecular weight is 282 g/mol. The van der Waals surface area contributed by atoms with Gasteiger partial charge in [-0.1, -0.05) is 40.0 Å². The van der Waals surface area contributed by atoms with Gasteiger partial charge in [0.1, 0.15) is 0 Å². The van der Waals surface area contributed by atoms with Crippen molar-refractivity contribution in [3.8, 4) is 0 Å². The van der Waals surface area contributed by atoms with Gasteiger partial charge in [0.15, 0.2) is 5.82 Å². The first-order chi connectivity index (χ1) is 9.62. The zero-order valence-electron chi connectivity index (χ0n) is 12.7. The zero-order chi connectivity index (χ0) is 15.0. The van der Waals surface area contributed by atoms with E-state index in [2.05, 4.69) is 29.4 Å². The predicted molar refractivity (Wildman–Crippen MR) is 76.4 cm³/mol. The molecule has 0 radical (unpaired) electrons. The summed E-state index contributed by atoms with van der Waals surface area (Å²) in [7, 11) is 0. The second kappa shape index (κ2) is 8.66. The van der Waals surface area contributed by atoms with Crippen molar-refractivity contribution in [2.24, 2.45) is 5.92 Å². The number of carboxylic acid groups (broad SMARTS) is 1. The van der Waals surface area contributed by atoms with Crippen LogP contribution in [0.15, 0.2) is 0 Å². The fourth-order valence-electron chi connectivity index (χ4n) is 2.56. The molecule has 0 aliphatic rings. The molecule has 1 N–H and O–H groups in total. The maximum atomic E-state index is 10.9. The van der Waals surface area contributed by atoms with Crippen molar-refractivity contribution in [2.75, 3.05) is 0 Å².